The number of hydrogen-bond donors (Lipinski definition) is 3. The quantitative estimate of drug-likeness (QED) is 0.393. The number of likely N-dealkylation sites (tertiary alicyclic amines) is 1. The van der Waals surface area contributed by atoms with E-state index in [0.717, 1.165) is 25.9 Å². The van der Waals surface area contributed by atoms with Crippen LogP contribution in [0.5, 0.6) is 5.75 Å². The Morgan fingerprint density at radius 2 is 1.94 bits per heavy atom. The van der Waals surface area contributed by atoms with Gasteiger partial charge in [-0.1, -0.05) is 41.9 Å². The number of anilines is 1. The number of hydrogen-bond acceptors (Lipinski definition) is 6. The molecule has 0 aromatic heterocycles. The maximum Gasteiger partial charge on any atom is 0.255 e. The number of halogens is 1. The molecule has 0 spiro atoms. The van der Waals surface area contributed by atoms with Gasteiger partial charge >= 0.3 is 0 Å². The van der Waals surface area contributed by atoms with Crippen LogP contribution in [0.4, 0.5) is 5.69 Å². The first-order chi connectivity index (χ1) is 15.4. The molecular formula is C24H30ClN3O4. The first-order valence-electron chi connectivity index (χ1n) is 10.8. The van der Waals surface area contributed by atoms with Gasteiger partial charge in [-0.25, -0.2) is 0 Å². The molecule has 7 nitrogen and oxygen atoms in total. The lowest BCUT2D eigenvalue weighted by molar-refractivity contribution is 0.0685. The van der Waals surface area contributed by atoms with Gasteiger partial charge in [-0.2, -0.15) is 0 Å². The number of methoxy groups -OCH3 is 1. The second kappa shape index (κ2) is 11.3. The number of amides is 1. The van der Waals surface area contributed by atoms with Crippen molar-refractivity contribution < 1.29 is 19.4 Å². The second-order valence-corrected chi connectivity index (χ2v) is 8.51. The lowest BCUT2D eigenvalue weighted by Crippen LogP contribution is -2.40. The van der Waals surface area contributed by atoms with Crippen molar-refractivity contribution in [3.63, 3.8) is 0 Å². The van der Waals surface area contributed by atoms with E-state index in [1.165, 1.54) is 13.2 Å². The van der Waals surface area contributed by atoms with Crippen molar-refractivity contribution in [3.8, 4) is 5.75 Å². The minimum Gasteiger partial charge on any atom is -0.496 e. The molecule has 1 amide bonds. The molecule has 8 heteroatoms. The van der Waals surface area contributed by atoms with Crippen molar-refractivity contribution >= 4 is 29.0 Å². The third-order valence-corrected chi connectivity index (χ3v) is 6.23. The van der Waals surface area contributed by atoms with Gasteiger partial charge in [0.2, 0.25) is 0 Å². The summed E-state index contributed by atoms with van der Waals surface area (Å²) in [5, 5.41) is 13.5. The zero-order valence-corrected chi connectivity index (χ0v) is 19.0. The molecule has 2 aromatic carbocycles. The fourth-order valence-electron chi connectivity index (χ4n) is 3.89. The van der Waals surface area contributed by atoms with E-state index in [0.29, 0.717) is 53.0 Å². The number of piperidine rings is 1. The summed E-state index contributed by atoms with van der Waals surface area (Å²) >= 11 is 6.05. The Morgan fingerprint density at radius 1 is 1.25 bits per heavy atom. The van der Waals surface area contributed by atoms with Crippen LogP contribution in [-0.2, 0) is 0 Å². The van der Waals surface area contributed by atoms with Crippen LogP contribution in [0.1, 0.15) is 40.0 Å². The third-order valence-electron chi connectivity index (χ3n) is 5.90. The SMILES string of the molecule is COc1cc(N)c(Cl)cc1C(=O)NCC1CCN(CCC(O)C(=O)c2ccccc2)CC1. The van der Waals surface area contributed by atoms with Crippen LogP contribution in [-0.4, -0.2) is 61.1 Å². The van der Waals surface area contributed by atoms with Crippen molar-refractivity contribution in [2.75, 3.05) is 39.0 Å². The second-order valence-electron chi connectivity index (χ2n) is 8.10. The van der Waals surface area contributed by atoms with Crippen LogP contribution < -0.4 is 15.8 Å². The summed E-state index contributed by atoms with van der Waals surface area (Å²) in [7, 11) is 1.49. The minimum absolute atomic E-state index is 0.235. The van der Waals surface area contributed by atoms with Gasteiger partial charge in [0, 0.05) is 24.7 Å². The third kappa shape index (κ3) is 6.22. The first-order valence-corrected chi connectivity index (χ1v) is 11.2. The minimum atomic E-state index is -0.990. The maximum atomic E-state index is 12.6. The van der Waals surface area contributed by atoms with Crippen molar-refractivity contribution in [3.05, 3.63) is 58.6 Å². The van der Waals surface area contributed by atoms with E-state index in [2.05, 4.69) is 10.2 Å². The topological polar surface area (TPSA) is 105 Å². The number of nitrogens with zero attached hydrogens (tertiary/aromatic N) is 1. The van der Waals surface area contributed by atoms with Gasteiger partial charge in [0.1, 0.15) is 11.9 Å². The predicted octanol–water partition coefficient (Wildman–Crippen LogP) is 3.01. The number of rotatable bonds is 9. The molecule has 1 aliphatic rings. The van der Waals surface area contributed by atoms with Gasteiger partial charge in [-0.05, 0) is 44.3 Å². The Kier molecular flexibility index (Phi) is 8.50. The highest BCUT2D eigenvalue weighted by Gasteiger charge is 2.23. The van der Waals surface area contributed by atoms with Gasteiger partial charge in [0.25, 0.3) is 5.91 Å². The van der Waals surface area contributed by atoms with E-state index in [9.17, 15) is 14.7 Å². The number of ether oxygens (including phenoxy) is 1. The smallest absolute Gasteiger partial charge is 0.255 e. The first kappa shape index (κ1) is 24.0. The highest BCUT2D eigenvalue weighted by molar-refractivity contribution is 6.33. The number of aliphatic hydroxyl groups excluding tert-OH is 1. The summed E-state index contributed by atoms with van der Waals surface area (Å²) < 4.78 is 5.25. The summed E-state index contributed by atoms with van der Waals surface area (Å²) in [6.07, 6.45) is 1.29. The zero-order valence-electron chi connectivity index (χ0n) is 18.2. The number of benzene rings is 2. The Hall–Kier alpha value is -2.61. The molecule has 1 unspecified atom stereocenters. The molecule has 2 aromatic rings. The van der Waals surface area contributed by atoms with Crippen molar-refractivity contribution in [1.29, 1.82) is 0 Å². The van der Waals surface area contributed by atoms with E-state index < -0.39 is 6.10 Å². The van der Waals surface area contributed by atoms with Gasteiger partial charge in [0.05, 0.1) is 23.4 Å². The highest BCUT2D eigenvalue weighted by atomic mass is 35.5. The number of Topliss-reactive ketones (excluding diaryl/α,β-unsaturated/α-hetero) is 1. The van der Waals surface area contributed by atoms with Crippen LogP contribution in [0, 0.1) is 5.92 Å². The number of nitrogens with one attached hydrogen (secondary N) is 1. The standard InChI is InChI=1S/C24H30ClN3O4/c1-32-22-14-20(26)19(25)13-18(22)24(31)27-15-16-7-10-28(11-8-16)12-9-21(29)23(30)17-5-3-2-4-6-17/h2-6,13-14,16,21,29H,7-12,15,26H2,1H3,(H,27,31). The van der Waals surface area contributed by atoms with Gasteiger partial charge in [0.15, 0.2) is 5.78 Å². The fourth-order valence-corrected chi connectivity index (χ4v) is 4.06. The lowest BCUT2D eigenvalue weighted by atomic mass is 9.96. The number of nitrogens with two attached hydrogens (primary N) is 1. The predicted molar refractivity (Wildman–Crippen MR) is 125 cm³/mol. The Morgan fingerprint density at radius 3 is 2.59 bits per heavy atom. The molecular weight excluding hydrogens is 430 g/mol. The van der Waals surface area contributed by atoms with E-state index in [1.807, 2.05) is 6.07 Å². The molecule has 0 radical (unpaired) electrons. The summed E-state index contributed by atoms with van der Waals surface area (Å²) in [5.41, 5.74) is 7.04. The maximum absolute atomic E-state index is 12.6. The molecule has 3 rings (SSSR count). The summed E-state index contributed by atoms with van der Waals surface area (Å²) in [6.45, 7) is 2.96. The van der Waals surface area contributed by atoms with Crippen LogP contribution in [0.15, 0.2) is 42.5 Å². The largest absolute Gasteiger partial charge is 0.496 e. The normalized spacial score (nSPS) is 15.8. The van der Waals surface area contributed by atoms with E-state index in [1.54, 1.807) is 30.3 Å². The van der Waals surface area contributed by atoms with Crippen molar-refractivity contribution in [2.45, 2.75) is 25.4 Å². The average molecular weight is 460 g/mol. The number of aliphatic hydroxyl groups is 1. The summed E-state index contributed by atoms with van der Waals surface area (Å²) in [4.78, 5) is 27.1. The van der Waals surface area contributed by atoms with Gasteiger partial charge in [-0.15, -0.1) is 0 Å². The molecule has 1 fully saturated rings. The molecule has 1 aliphatic heterocycles. The van der Waals surface area contributed by atoms with Crippen molar-refractivity contribution in [2.24, 2.45) is 5.92 Å². The van der Waals surface area contributed by atoms with Crippen LogP contribution in [0.2, 0.25) is 5.02 Å². The molecule has 1 saturated heterocycles. The van der Waals surface area contributed by atoms with E-state index >= 15 is 0 Å². The molecule has 0 bridgehead atoms. The molecule has 172 valence electrons. The summed E-state index contributed by atoms with van der Waals surface area (Å²) in [5.74, 6) is 0.277. The molecule has 4 N–H and O–H groups in total. The van der Waals surface area contributed by atoms with Gasteiger partial charge < -0.3 is 25.8 Å². The van der Waals surface area contributed by atoms with Crippen LogP contribution in [0.25, 0.3) is 0 Å². The molecule has 32 heavy (non-hydrogen) atoms. The number of nitrogen functional groups attached to an aromatic ring is 1. The average Bonchev–Trinajstić information content (AvgIpc) is 2.83. The molecule has 0 saturated carbocycles. The Bertz CT molecular complexity index is 930. The number of carbonyl (C=O) groups is 2. The van der Waals surface area contributed by atoms with E-state index in [-0.39, 0.29) is 11.7 Å². The van der Waals surface area contributed by atoms with Crippen LogP contribution in [0.3, 0.4) is 0 Å². The Balaban J connectivity index is 1.41. The van der Waals surface area contributed by atoms with Gasteiger partial charge in [-0.3, -0.25) is 9.59 Å². The van der Waals surface area contributed by atoms with Crippen molar-refractivity contribution in [1.82, 2.24) is 10.2 Å². The van der Waals surface area contributed by atoms with Crippen LogP contribution >= 0.6 is 11.6 Å². The zero-order chi connectivity index (χ0) is 23.1. The van der Waals surface area contributed by atoms with E-state index in [4.69, 9.17) is 22.1 Å². The Labute approximate surface area is 193 Å². The monoisotopic (exact) mass is 459 g/mol. The highest BCUT2D eigenvalue weighted by Crippen LogP contribution is 2.29. The molecule has 0 aliphatic carbocycles. The number of carbonyl (C=O) groups excluding carboxylic acids is 2. The fraction of sp³-hybridized carbons (Fsp3) is 0.417. The number of ketones is 1. The molecule has 1 heterocycles. The lowest BCUT2D eigenvalue weighted by Gasteiger charge is -2.32. The molecule has 1 atom stereocenters. The summed E-state index contributed by atoms with van der Waals surface area (Å²) in [6, 6.07) is 11.9.